The Kier molecular flexibility index (Phi) is 7.30. The summed E-state index contributed by atoms with van der Waals surface area (Å²) in [6.45, 7) is 4.19. The van der Waals surface area contributed by atoms with Gasteiger partial charge in [0.25, 0.3) is 5.91 Å². The van der Waals surface area contributed by atoms with Gasteiger partial charge in [-0.25, -0.2) is 0 Å². The summed E-state index contributed by atoms with van der Waals surface area (Å²) in [4.78, 5) is 27.1. The van der Waals surface area contributed by atoms with Crippen LogP contribution in [0.25, 0.3) is 0 Å². The van der Waals surface area contributed by atoms with Gasteiger partial charge in [-0.2, -0.15) is 0 Å². The number of benzene rings is 1. The number of likely N-dealkylation sites (tertiary alicyclic amines) is 1. The third-order valence-electron chi connectivity index (χ3n) is 5.33. The van der Waals surface area contributed by atoms with Crippen LogP contribution < -0.4 is 15.4 Å². The second-order valence-corrected chi connectivity index (χ2v) is 7.34. The maximum atomic E-state index is 12.6. The normalized spacial score (nSPS) is 16.6. The molecular formula is C22H29N3O4. The van der Waals surface area contributed by atoms with E-state index < -0.39 is 6.04 Å². The molecule has 7 heteroatoms. The monoisotopic (exact) mass is 399 g/mol. The third kappa shape index (κ3) is 5.60. The van der Waals surface area contributed by atoms with E-state index in [1.165, 1.54) is 18.9 Å². The molecule has 1 aliphatic rings. The highest BCUT2D eigenvalue weighted by molar-refractivity contribution is 5.97. The molecule has 0 bridgehead atoms. The van der Waals surface area contributed by atoms with E-state index >= 15 is 0 Å². The molecule has 1 fully saturated rings. The van der Waals surface area contributed by atoms with Crippen LogP contribution >= 0.6 is 0 Å². The Morgan fingerprint density at radius 2 is 1.86 bits per heavy atom. The second kappa shape index (κ2) is 10.1. The summed E-state index contributed by atoms with van der Waals surface area (Å²) in [5.41, 5.74) is 1.54. The quantitative estimate of drug-likeness (QED) is 0.713. The molecule has 1 aromatic carbocycles. The van der Waals surface area contributed by atoms with E-state index in [9.17, 15) is 9.59 Å². The summed E-state index contributed by atoms with van der Waals surface area (Å²) in [5.74, 6) is 0.271. The van der Waals surface area contributed by atoms with Crippen LogP contribution in [0.4, 0.5) is 0 Å². The molecule has 2 aromatic rings. The highest BCUT2D eigenvalue weighted by Gasteiger charge is 2.24. The van der Waals surface area contributed by atoms with Gasteiger partial charge in [0.1, 0.15) is 18.1 Å². The summed E-state index contributed by atoms with van der Waals surface area (Å²) >= 11 is 0. The topological polar surface area (TPSA) is 83.8 Å². The van der Waals surface area contributed by atoms with Crippen molar-refractivity contribution in [3.63, 3.8) is 0 Å². The first-order valence-electron chi connectivity index (χ1n) is 10.1. The van der Waals surface area contributed by atoms with Crippen molar-refractivity contribution >= 4 is 11.8 Å². The lowest BCUT2D eigenvalue weighted by Gasteiger charge is -2.35. The Bertz CT molecular complexity index is 783. The molecular weight excluding hydrogens is 370 g/mol. The summed E-state index contributed by atoms with van der Waals surface area (Å²) in [7, 11) is 1.65. The molecule has 3 rings (SSSR count). The SMILES string of the molecule is COc1ccc([C@@H](CNC(=O)[C@H](C)NC(=O)c2ccoc2)N2CCCCC2)cc1. The van der Waals surface area contributed by atoms with Gasteiger partial charge in [-0.1, -0.05) is 18.6 Å². The molecule has 2 amide bonds. The van der Waals surface area contributed by atoms with Crippen LogP contribution in [0.1, 0.15) is 48.1 Å². The van der Waals surface area contributed by atoms with Crippen LogP contribution in [0.5, 0.6) is 5.75 Å². The molecule has 29 heavy (non-hydrogen) atoms. The lowest BCUT2D eigenvalue weighted by atomic mass is 10.0. The standard InChI is InChI=1S/C22H29N3O4/c1-16(24-22(27)18-10-13-29-15-18)21(26)23-14-20(25-11-4-3-5-12-25)17-6-8-19(28-2)9-7-17/h6-10,13,15-16,20H,3-5,11-12,14H2,1-2H3,(H,23,26)(H,24,27)/t16-,20+/m0/s1. The number of rotatable bonds is 8. The molecule has 0 radical (unpaired) electrons. The van der Waals surface area contributed by atoms with Crippen molar-refractivity contribution in [2.24, 2.45) is 0 Å². The van der Waals surface area contributed by atoms with Gasteiger partial charge in [-0.3, -0.25) is 14.5 Å². The van der Waals surface area contributed by atoms with Crippen molar-refractivity contribution in [3.8, 4) is 5.75 Å². The largest absolute Gasteiger partial charge is 0.497 e. The Labute approximate surface area is 171 Å². The molecule has 0 unspecified atom stereocenters. The van der Waals surface area contributed by atoms with Crippen LogP contribution in [-0.2, 0) is 4.79 Å². The zero-order chi connectivity index (χ0) is 20.6. The molecule has 7 nitrogen and oxygen atoms in total. The molecule has 0 saturated carbocycles. The average Bonchev–Trinajstić information content (AvgIpc) is 3.30. The van der Waals surface area contributed by atoms with Crippen LogP contribution in [0.15, 0.2) is 47.3 Å². The summed E-state index contributed by atoms with van der Waals surface area (Å²) in [6.07, 6.45) is 6.36. The van der Waals surface area contributed by atoms with E-state index in [-0.39, 0.29) is 17.9 Å². The van der Waals surface area contributed by atoms with Crippen LogP contribution in [0.2, 0.25) is 0 Å². The number of hydrogen-bond acceptors (Lipinski definition) is 5. The molecule has 1 aromatic heterocycles. The first kappa shape index (κ1) is 20.9. The number of carbonyl (C=O) groups excluding carboxylic acids is 2. The fourth-order valence-electron chi connectivity index (χ4n) is 3.60. The maximum absolute atomic E-state index is 12.6. The summed E-state index contributed by atoms with van der Waals surface area (Å²) < 4.78 is 10.2. The Hall–Kier alpha value is -2.80. The molecule has 156 valence electrons. The molecule has 2 N–H and O–H groups in total. The van der Waals surface area contributed by atoms with Crippen molar-refractivity contribution in [2.45, 2.75) is 38.3 Å². The first-order valence-corrected chi connectivity index (χ1v) is 10.1. The Balaban J connectivity index is 1.62. The van der Waals surface area contributed by atoms with Crippen molar-refractivity contribution < 1.29 is 18.7 Å². The van der Waals surface area contributed by atoms with Crippen molar-refractivity contribution in [1.82, 2.24) is 15.5 Å². The van der Waals surface area contributed by atoms with Gasteiger partial charge >= 0.3 is 0 Å². The van der Waals surface area contributed by atoms with E-state index in [0.29, 0.717) is 12.1 Å². The fraction of sp³-hybridized carbons (Fsp3) is 0.455. The highest BCUT2D eigenvalue weighted by Crippen LogP contribution is 2.25. The molecule has 1 aliphatic heterocycles. The van der Waals surface area contributed by atoms with E-state index in [1.807, 2.05) is 24.3 Å². The van der Waals surface area contributed by atoms with Gasteiger partial charge in [0, 0.05) is 6.54 Å². The first-order chi connectivity index (χ1) is 14.1. The number of carbonyl (C=O) groups is 2. The Morgan fingerprint density at radius 1 is 1.14 bits per heavy atom. The maximum Gasteiger partial charge on any atom is 0.255 e. The molecule has 0 spiro atoms. The molecule has 1 saturated heterocycles. The lowest BCUT2D eigenvalue weighted by molar-refractivity contribution is -0.122. The second-order valence-electron chi connectivity index (χ2n) is 7.34. The van der Waals surface area contributed by atoms with Crippen LogP contribution in [-0.4, -0.2) is 49.5 Å². The smallest absolute Gasteiger partial charge is 0.255 e. The van der Waals surface area contributed by atoms with Gasteiger partial charge < -0.3 is 19.8 Å². The molecule has 2 heterocycles. The van der Waals surface area contributed by atoms with Crippen LogP contribution in [0, 0.1) is 0 Å². The zero-order valence-corrected chi connectivity index (χ0v) is 17.0. The van der Waals surface area contributed by atoms with Crippen LogP contribution in [0.3, 0.4) is 0 Å². The zero-order valence-electron chi connectivity index (χ0n) is 17.0. The number of ether oxygens (including phenoxy) is 1. The number of methoxy groups -OCH3 is 1. The van der Waals surface area contributed by atoms with Gasteiger partial charge in [0.2, 0.25) is 5.91 Å². The number of piperidine rings is 1. The van der Waals surface area contributed by atoms with Crippen molar-refractivity contribution in [3.05, 3.63) is 54.0 Å². The predicted molar refractivity (Wildman–Crippen MR) is 110 cm³/mol. The van der Waals surface area contributed by atoms with Gasteiger partial charge in [0.05, 0.1) is 25.0 Å². The van der Waals surface area contributed by atoms with Gasteiger partial charge in [-0.15, -0.1) is 0 Å². The fourth-order valence-corrected chi connectivity index (χ4v) is 3.60. The van der Waals surface area contributed by atoms with E-state index in [0.717, 1.165) is 37.2 Å². The van der Waals surface area contributed by atoms with Gasteiger partial charge in [0.15, 0.2) is 0 Å². The number of nitrogens with one attached hydrogen (secondary N) is 2. The Morgan fingerprint density at radius 3 is 2.48 bits per heavy atom. The number of nitrogens with zero attached hydrogens (tertiary/aromatic N) is 1. The van der Waals surface area contributed by atoms with Crippen molar-refractivity contribution in [2.75, 3.05) is 26.7 Å². The minimum Gasteiger partial charge on any atom is -0.497 e. The van der Waals surface area contributed by atoms with Gasteiger partial charge in [-0.05, 0) is 56.6 Å². The average molecular weight is 399 g/mol. The summed E-state index contributed by atoms with van der Waals surface area (Å²) in [5, 5.41) is 5.71. The minimum atomic E-state index is -0.643. The number of amides is 2. The predicted octanol–water partition coefficient (Wildman–Crippen LogP) is 2.75. The van der Waals surface area contributed by atoms with E-state index in [4.69, 9.17) is 9.15 Å². The van der Waals surface area contributed by atoms with E-state index in [1.54, 1.807) is 20.1 Å². The number of furan rings is 1. The highest BCUT2D eigenvalue weighted by atomic mass is 16.5. The lowest BCUT2D eigenvalue weighted by Crippen LogP contribution is -2.47. The number of hydrogen-bond donors (Lipinski definition) is 2. The molecule has 2 atom stereocenters. The molecule has 0 aliphatic carbocycles. The van der Waals surface area contributed by atoms with Crippen molar-refractivity contribution in [1.29, 1.82) is 0 Å². The summed E-state index contributed by atoms with van der Waals surface area (Å²) in [6, 6.07) is 9.00. The third-order valence-corrected chi connectivity index (χ3v) is 5.33. The minimum absolute atomic E-state index is 0.0851. The van der Waals surface area contributed by atoms with E-state index in [2.05, 4.69) is 15.5 Å².